The summed E-state index contributed by atoms with van der Waals surface area (Å²) in [5, 5.41) is 3.61. The van der Waals surface area contributed by atoms with E-state index in [9.17, 15) is 9.59 Å². The molecule has 0 bridgehead atoms. The van der Waals surface area contributed by atoms with Crippen LogP contribution >= 0.6 is 11.6 Å². The van der Waals surface area contributed by atoms with E-state index >= 15 is 0 Å². The highest BCUT2D eigenvalue weighted by Gasteiger charge is 2.15. The van der Waals surface area contributed by atoms with Gasteiger partial charge in [-0.3, -0.25) is 14.3 Å². The van der Waals surface area contributed by atoms with Crippen molar-refractivity contribution in [2.45, 2.75) is 6.92 Å². The number of rotatable bonds is 4. The number of aryl methyl sites for hydroxylation is 1. The standard InChI is InChI=1S/C21H16ClN7O2/c1-12-15-11-25-20(23)27-19(15)28-21(31)29(12)17-10-14(5-7-16(17)22)26-18(30)8-6-13-4-2-3-9-24-13/h2-11H,1H3,(H,26,30)(H2,23,27,28,31). The van der Waals surface area contributed by atoms with Crippen LogP contribution in [0.5, 0.6) is 0 Å². The molecule has 0 unspecified atom stereocenters. The fraction of sp³-hybridized carbons (Fsp3) is 0.0476. The monoisotopic (exact) mass is 433 g/mol. The smallest absolute Gasteiger partial charge is 0.354 e. The van der Waals surface area contributed by atoms with Gasteiger partial charge in [-0.25, -0.2) is 9.78 Å². The molecular formula is C21H16ClN7O2. The molecule has 1 aromatic carbocycles. The SMILES string of the molecule is Cc1c2cnc(N)nc2nc(=O)n1-c1cc(NC(=O)C=Cc2ccccn2)ccc1Cl. The van der Waals surface area contributed by atoms with E-state index in [2.05, 4.69) is 25.3 Å². The summed E-state index contributed by atoms with van der Waals surface area (Å²) in [5.74, 6) is -0.332. The van der Waals surface area contributed by atoms with Crippen molar-refractivity contribution in [3.63, 3.8) is 0 Å². The maximum Gasteiger partial charge on any atom is 0.354 e. The minimum absolute atomic E-state index is 0.0260. The van der Waals surface area contributed by atoms with Gasteiger partial charge in [0, 0.05) is 29.9 Å². The number of pyridine rings is 1. The molecule has 0 aliphatic carbocycles. The van der Waals surface area contributed by atoms with Gasteiger partial charge >= 0.3 is 5.69 Å². The molecule has 0 fully saturated rings. The quantitative estimate of drug-likeness (QED) is 0.473. The maximum atomic E-state index is 12.7. The maximum absolute atomic E-state index is 12.7. The number of fused-ring (bicyclic) bond motifs is 1. The van der Waals surface area contributed by atoms with Gasteiger partial charge in [-0.05, 0) is 43.3 Å². The molecule has 0 saturated carbocycles. The highest BCUT2D eigenvalue weighted by molar-refractivity contribution is 6.32. The number of carbonyl (C=O) groups excluding carboxylic acids is 1. The molecule has 3 heterocycles. The van der Waals surface area contributed by atoms with Crippen molar-refractivity contribution in [1.29, 1.82) is 0 Å². The van der Waals surface area contributed by atoms with E-state index in [1.165, 1.54) is 16.8 Å². The van der Waals surface area contributed by atoms with Crippen LogP contribution < -0.4 is 16.7 Å². The lowest BCUT2D eigenvalue weighted by molar-refractivity contribution is -0.111. The molecular weight excluding hydrogens is 418 g/mol. The lowest BCUT2D eigenvalue weighted by Crippen LogP contribution is -2.24. The lowest BCUT2D eigenvalue weighted by atomic mass is 10.2. The number of nitrogens with two attached hydrogens (primary N) is 1. The molecule has 9 nitrogen and oxygen atoms in total. The van der Waals surface area contributed by atoms with Gasteiger partial charge in [0.05, 0.1) is 21.8 Å². The molecule has 4 rings (SSSR count). The zero-order chi connectivity index (χ0) is 22.0. The zero-order valence-electron chi connectivity index (χ0n) is 16.3. The number of nitrogens with zero attached hydrogens (tertiary/aromatic N) is 5. The Labute approximate surface area is 181 Å². The third kappa shape index (κ3) is 4.26. The normalized spacial score (nSPS) is 11.2. The molecule has 10 heteroatoms. The highest BCUT2D eigenvalue weighted by atomic mass is 35.5. The van der Waals surface area contributed by atoms with Crippen LogP contribution in [-0.4, -0.2) is 30.4 Å². The molecule has 0 radical (unpaired) electrons. The van der Waals surface area contributed by atoms with E-state index in [1.54, 1.807) is 49.5 Å². The minimum Gasteiger partial charge on any atom is -0.368 e. The summed E-state index contributed by atoms with van der Waals surface area (Å²) >= 11 is 6.36. The first-order chi connectivity index (χ1) is 14.9. The van der Waals surface area contributed by atoms with Crippen LogP contribution in [0.2, 0.25) is 5.02 Å². The van der Waals surface area contributed by atoms with Gasteiger partial charge in [-0.2, -0.15) is 9.97 Å². The van der Waals surface area contributed by atoms with Crippen molar-refractivity contribution in [2.24, 2.45) is 0 Å². The summed E-state index contributed by atoms with van der Waals surface area (Å²) in [6.07, 6.45) is 6.10. The van der Waals surface area contributed by atoms with Gasteiger partial charge in [-0.1, -0.05) is 17.7 Å². The summed E-state index contributed by atoms with van der Waals surface area (Å²) in [6, 6.07) is 10.2. The number of carbonyl (C=O) groups is 1. The second kappa shape index (κ2) is 8.33. The molecule has 3 N–H and O–H groups in total. The van der Waals surface area contributed by atoms with Gasteiger partial charge < -0.3 is 11.1 Å². The molecule has 0 aliphatic heterocycles. The highest BCUT2D eigenvalue weighted by Crippen LogP contribution is 2.26. The molecule has 0 aliphatic rings. The van der Waals surface area contributed by atoms with Crippen LogP contribution in [0.15, 0.2) is 59.7 Å². The molecule has 3 aromatic heterocycles. The van der Waals surface area contributed by atoms with E-state index in [0.717, 1.165) is 0 Å². The van der Waals surface area contributed by atoms with Crippen molar-refractivity contribution in [2.75, 3.05) is 11.1 Å². The lowest BCUT2D eigenvalue weighted by Gasteiger charge is -2.14. The van der Waals surface area contributed by atoms with Crippen LogP contribution in [0.1, 0.15) is 11.4 Å². The first kappa shape index (κ1) is 20.2. The Morgan fingerprint density at radius 2 is 2.03 bits per heavy atom. The number of anilines is 2. The fourth-order valence-electron chi connectivity index (χ4n) is 3.00. The number of nitrogen functional groups attached to an aromatic ring is 1. The summed E-state index contributed by atoms with van der Waals surface area (Å²) < 4.78 is 1.34. The first-order valence-electron chi connectivity index (χ1n) is 9.14. The van der Waals surface area contributed by atoms with Crippen molar-refractivity contribution in [3.05, 3.63) is 81.8 Å². The van der Waals surface area contributed by atoms with Gasteiger partial charge in [0.1, 0.15) is 0 Å². The third-order valence-corrected chi connectivity index (χ3v) is 4.77. The van der Waals surface area contributed by atoms with E-state index in [-0.39, 0.29) is 17.5 Å². The molecule has 0 atom stereocenters. The van der Waals surface area contributed by atoms with Crippen LogP contribution in [-0.2, 0) is 4.79 Å². The van der Waals surface area contributed by atoms with Crippen molar-refractivity contribution >= 4 is 46.3 Å². The molecule has 1 amide bonds. The Hall–Kier alpha value is -4.11. The summed E-state index contributed by atoms with van der Waals surface area (Å²) in [4.78, 5) is 41.1. The van der Waals surface area contributed by atoms with Crippen LogP contribution in [0.3, 0.4) is 0 Å². The topological polar surface area (TPSA) is 129 Å². The second-order valence-corrected chi connectivity index (χ2v) is 6.93. The predicted octanol–water partition coefficient (Wildman–Crippen LogP) is 2.77. The average Bonchev–Trinajstić information content (AvgIpc) is 2.75. The number of hydrogen-bond donors (Lipinski definition) is 2. The van der Waals surface area contributed by atoms with Gasteiger partial charge in [0.25, 0.3) is 0 Å². The van der Waals surface area contributed by atoms with E-state index in [1.807, 2.05) is 6.07 Å². The zero-order valence-corrected chi connectivity index (χ0v) is 17.0. The number of benzene rings is 1. The summed E-state index contributed by atoms with van der Waals surface area (Å²) in [6.45, 7) is 1.72. The number of nitrogens with one attached hydrogen (secondary N) is 1. The van der Waals surface area contributed by atoms with Crippen molar-refractivity contribution < 1.29 is 4.79 Å². The molecule has 154 valence electrons. The Kier molecular flexibility index (Phi) is 5.42. The fourth-order valence-corrected chi connectivity index (χ4v) is 3.20. The van der Waals surface area contributed by atoms with E-state index in [4.69, 9.17) is 17.3 Å². The Bertz CT molecular complexity index is 1380. The van der Waals surface area contributed by atoms with Crippen LogP contribution in [0.4, 0.5) is 11.6 Å². The summed E-state index contributed by atoms with van der Waals surface area (Å²) in [7, 11) is 0. The van der Waals surface area contributed by atoms with Crippen LogP contribution in [0, 0.1) is 6.92 Å². The Balaban J connectivity index is 1.69. The molecule has 4 aromatic rings. The Morgan fingerprint density at radius 3 is 2.81 bits per heavy atom. The van der Waals surface area contributed by atoms with E-state index < -0.39 is 5.69 Å². The number of amides is 1. The molecule has 0 saturated heterocycles. The van der Waals surface area contributed by atoms with Crippen molar-refractivity contribution in [1.82, 2.24) is 24.5 Å². The third-order valence-electron chi connectivity index (χ3n) is 4.45. The molecule has 0 spiro atoms. The number of aromatic nitrogens is 5. The second-order valence-electron chi connectivity index (χ2n) is 6.52. The Morgan fingerprint density at radius 1 is 1.19 bits per heavy atom. The van der Waals surface area contributed by atoms with Gasteiger partial charge in [0.15, 0.2) is 5.65 Å². The predicted molar refractivity (Wildman–Crippen MR) is 119 cm³/mol. The van der Waals surface area contributed by atoms with Crippen LogP contribution in [0.25, 0.3) is 22.8 Å². The minimum atomic E-state index is -0.580. The first-order valence-corrected chi connectivity index (χ1v) is 9.52. The summed E-state index contributed by atoms with van der Waals surface area (Å²) in [5.41, 5.74) is 7.21. The average molecular weight is 434 g/mol. The van der Waals surface area contributed by atoms with Crippen molar-refractivity contribution in [3.8, 4) is 5.69 Å². The number of hydrogen-bond acceptors (Lipinski definition) is 7. The van der Waals surface area contributed by atoms with E-state index in [0.29, 0.717) is 33.2 Å². The van der Waals surface area contributed by atoms with Gasteiger partial charge in [0.2, 0.25) is 11.9 Å². The number of halogens is 1. The largest absolute Gasteiger partial charge is 0.368 e. The van der Waals surface area contributed by atoms with Gasteiger partial charge in [-0.15, -0.1) is 0 Å². The molecule has 31 heavy (non-hydrogen) atoms.